The highest BCUT2D eigenvalue weighted by Crippen LogP contribution is 2.08. The largest absolute Gasteiger partial charge is 0.467 e. The number of benzene rings is 1. The van der Waals surface area contributed by atoms with Gasteiger partial charge in [0.2, 0.25) is 0 Å². The highest BCUT2D eigenvalue weighted by Gasteiger charge is 2.16. The lowest BCUT2D eigenvalue weighted by Gasteiger charge is -2.00. The van der Waals surface area contributed by atoms with Crippen molar-refractivity contribution >= 4 is 5.91 Å². The Morgan fingerprint density at radius 3 is 2.71 bits per heavy atom. The molecule has 2 aromatic heterocycles. The van der Waals surface area contributed by atoms with Crippen LogP contribution < -0.4 is 5.32 Å². The van der Waals surface area contributed by atoms with Crippen LogP contribution in [-0.2, 0) is 6.54 Å². The Morgan fingerprint density at radius 1 is 1.19 bits per heavy atom. The number of aryl methyl sites for hydroxylation is 1. The standard InChI is InChI=1S/C15H14N4O2/c1-11-14(15(20)16-10-13-8-5-9-21-13)18-19(17-11)12-6-3-2-4-7-12/h2-9H,10H2,1H3,(H,16,20). The molecule has 0 aliphatic heterocycles. The van der Waals surface area contributed by atoms with E-state index in [-0.39, 0.29) is 5.91 Å². The molecule has 0 aliphatic carbocycles. The Bertz CT molecular complexity index is 732. The second kappa shape index (κ2) is 5.62. The minimum atomic E-state index is -0.272. The van der Waals surface area contributed by atoms with Crippen LogP contribution >= 0.6 is 0 Å². The van der Waals surface area contributed by atoms with Crippen LogP contribution in [0.4, 0.5) is 0 Å². The molecule has 0 spiro atoms. The van der Waals surface area contributed by atoms with Gasteiger partial charge in [0.15, 0.2) is 5.69 Å². The van der Waals surface area contributed by atoms with E-state index in [4.69, 9.17) is 4.42 Å². The second-order valence-corrected chi connectivity index (χ2v) is 4.52. The van der Waals surface area contributed by atoms with Crippen LogP contribution in [0.1, 0.15) is 21.9 Å². The summed E-state index contributed by atoms with van der Waals surface area (Å²) in [5.41, 5.74) is 1.70. The Balaban J connectivity index is 1.76. The van der Waals surface area contributed by atoms with Crippen molar-refractivity contribution in [1.29, 1.82) is 0 Å². The molecule has 2 heterocycles. The summed E-state index contributed by atoms with van der Waals surface area (Å²) in [6.45, 7) is 2.08. The van der Waals surface area contributed by atoms with E-state index < -0.39 is 0 Å². The monoisotopic (exact) mass is 282 g/mol. The zero-order valence-corrected chi connectivity index (χ0v) is 11.5. The Hall–Kier alpha value is -2.89. The van der Waals surface area contributed by atoms with Gasteiger partial charge in [-0.1, -0.05) is 18.2 Å². The van der Waals surface area contributed by atoms with Gasteiger partial charge >= 0.3 is 0 Å². The SMILES string of the molecule is Cc1nn(-c2ccccc2)nc1C(=O)NCc1ccco1. The number of hydrogen-bond donors (Lipinski definition) is 1. The zero-order valence-electron chi connectivity index (χ0n) is 11.5. The lowest BCUT2D eigenvalue weighted by atomic mass is 10.3. The molecule has 3 aromatic rings. The van der Waals surface area contributed by atoms with E-state index in [1.807, 2.05) is 30.3 Å². The summed E-state index contributed by atoms with van der Waals surface area (Å²) in [6, 6.07) is 13.0. The Labute approximate surface area is 121 Å². The molecule has 6 heteroatoms. The van der Waals surface area contributed by atoms with E-state index in [2.05, 4.69) is 15.5 Å². The van der Waals surface area contributed by atoms with Crippen molar-refractivity contribution in [1.82, 2.24) is 20.3 Å². The number of hydrogen-bond acceptors (Lipinski definition) is 4. The first-order valence-corrected chi connectivity index (χ1v) is 6.54. The summed E-state index contributed by atoms with van der Waals surface area (Å²) < 4.78 is 5.17. The fourth-order valence-electron chi connectivity index (χ4n) is 1.93. The Kier molecular flexibility index (Phi) is 3.51. The highest BCUT2D eigenvalue weighted by atomic mass is 16.3. The van der Waals surface area contributed by atoms with Crippen LogP contribution in [0.5, 0.6) is 0 Å². The summed E-state index contributed by atoms with van der Waals surface area (Å²) in [5.74, 6) is 0.419. The summed E-state index contributed by atoms with van der Waals surface area (Å²) >= 11 is 0. The number of nitrogens with zero attached hydrogens (tertiary/aromatic N) is 3. The number of nitrogens with one attached hydrogen (secondary N) is 1. The normalized spacial score (nSPS) is 10.5. The lowest BCUT2D eigenvalue weighted by molar-refractivity contribution is 0.0942. The molecule has 106 valence electrons. The molecule has 1 amide bonds. The summed E-state index contributed by atoms with van der Waals surface area (Å²) in [6.07, 6.45) is 1.57. The van der Waals surface area contributed by atoms with Gasteiger partial charge in [0.05, 0.1) is 24.2 Å². The fourth-order valence-corrected chi connectivity index (χ4v) is 1.93. The smallest absolute Gasteiger partial charge is 0.274 e. The van der Waals surface area contributed by atoms with Gasteiger partial charge in [-0.05, 0) is 31.2 Å². The van der Waals surface area contributed by atoms with Crippen LogP contribution in [0.3, 0.4) is 0 Å². The molecule has 3 rings (SSSR count). The number of aromatic nitrogens is 3. The summed E-state index contributed by atoms with van der Waals surface area (Å²) in [4.78, 5) is 13.6. The first-order chi connectivity index (χ1) is 10.2. The molecule has 1 aromatic carbocycles. The maximum atomic E-state index is 12.1. The lowest BCUT2D eigenvalue weighted by Crippen LogP contribution is -2.23. The molecule has 0 unspecified atom stereocenters. The van der Waals surface area contributed by atoms with Crippen molar-refractivity contribution in [3.8, 4) is 5.69 Å². The molecule has 1 N–H and O–H groups in total. The van der Waals surface area contributed by atoms with Gasteiger partial charge in [-0.2, -0.15) is 9.90 Å². The molecule has 6 nitrogen and oxygen atoms in total. The third-order valence-corrected chi connectivity index (χ3v) is 2.99. The predicted molar refractivity (Wildman–Crippen MR) is 76.0 cm³/mol. The van der Waals surface area contributed by atoms with Crippen molar-refractivity contribution < 1.29 is 9.21 Å². The van der Waals surface area contributed by atoms with Gasteiger partial charge < -0.3 is 9.73 Å². The van der Waals surface area contributed by atoms with Crippen LogP contribution in [0, 0.1) is 6.92 Å². The maximum Gasteiger partial charge on any atom is 0.274 e. The number of para-hydroxylation sites is 1. The number of amides is 1. The van der Waals surface area contributed by atoms with Gasteiger partial charge in [-0.15, -0.1) is 5.10 Å². The predicted octanol–water partition coefficient (Wildman–Crippen LogP) is 2.10. The number of furan rings is 1. The molecule has 0 atom stereocenters. The van der Waals surface area contributed by atoms with E-state index >= 15 is 0 Å². The molecule has 0 radical (unpaired) electrons. The average molecular weight is 282 g/mol. The highest BCUT2D eigenvalue weighted by molar-refractivity contribution is 5.93. The Morgan fingerprint density at radius 2 is 2.00 bits per heavy atom. The van der Waals surface area contributed by atoms with Gasteiger partial charge in [-0.25, -0.2) is 0 Å². The molecular formula is C15H14N4O2. The van der Waals surface area contributed by atoms with Crippen molar-refractivity contribution in [2.75, 3.05) is 0 Å². The van der Waals surface area contributed by atoms with E-state index in [0.717, 1.165) is 5.69 Å². The maximum absolute atomic E-state index is 12.1. The molecule has 0 fully saturated rings. The number of carbonyl (C=O) groups excluding carboxylic acids is 1. The topological polar surface area (TPSA) is 73.0 Å². The fraction of sp³-hybridized carbons (Fsp3) is 0.133. The summed E-state index contributed by atoms with van der Waals surface area (Å²) in [7, 11) is 0. The van der Waals surface area contributed by atoms with Crippen molar-refractivity contribution in [2.45, 2.75) is 13.5 Å². The van der Waals surface area contributed by atoms with Crippen molar-refractivity contribution in [3.05, 3.63) is 65.9 Å². The zero-order chi connectivity index (χ0) is 14.7. The van der Waals surface area contributed by atoms with E-state index in [1.165, 1.54) is 4.80 Å². The van der Waals surface area contributed by atoms with E-state index in [1.54, 1.807) is 25.3 Å². The average Bonchev–Trinajstić information content (AvgIpc) is 3.15. The van der Waals surface area contributed by atoms with E-state index in [9.17, 15) is 4.79 Å². The van der Waals surface area contributed by atoms with Crippen LogP contribution in [-0.4, -0.2) is 20.9 Å². The summed E-state index contributed by atoms with van der Waals surface area (Å²) in [5, 5.41) is 11.3. The van der Waals surface area contributed by atoms with Gasteiger partial charge in [-0.3, -0.25) is 4.79 Å². The van der Waals surface area contributed by atoms with Crippen LogP contribution in [0.15, 0.2) is 53.1 Å². The number of carbonyl (C=O) groups is 1. The molecule has 0 saturated heterocycles. The van der Waals surface area contributed by atoms with Gasteiger partial charge in [0.1, 0.15) is 5.76 Å². The minimum absolute atomic E-state index is 0.272. The van der Waals surface area contributed by atoms with Crippen molar-refractivity contribution in [2.24, 2.45) is 0 Å². The quantitative estimate of drug-likeness (QED) is 0.795. The van der Waals surface area contributed by atoms with Gasteiger partial charge in [0, 0.05) is 0 Å². The molecule has 0 aliphatic rings. The second-order valence-electron chi connectivity index (χ2n) is 4.52. The first-order valence-electron chi connectivity index (χ1n) is 6.54. The minimum Gasteiger partial charge on any atom is -0.467 e. The molecular weight excluding hydrogens is 268 g/mol. The molecule has 0 saturated carbocycles. The first kappa shape index (κ1) is 13.1. The van der Waals surface area contributed by atoms with Gasteiger partial charge in [0.25, 0.3) is 5.91 Å². The molecule has 0 bridgehead atoms. The van der Waals surface area contributed by atoms with Crippen LogP contribution in [0.25, 0.3) is 5.69 Å². The van der Waals surface area contributed by atoms with Crippen molar-refractivity contribution in [3.63, 3.8) is 0 Å². The number of rotatable bonds is 4. The van der Waals surface area contributed by atoms with Crippen LogP contribution in [0.2, 0.25) is 0 Å². The third kappa shape index (κ3) is 2.84. The third-order valence-electron chi connectivity index (χ3n) is 2.99. The molecule has 21 heavy (non-hydrogen) atoms. The van der Waals surface area contributed by atoms with E-state index in [0.29, 0.717) is 23.7 Å².